The topological polar surface area (TPSA) is 25.8 Å². The summed E-state index contributed by atoms with van der Waals surface area (Å²) < 4.78 is 0. The number of pyridine rings is 2. The van der Waals surface area contributed by atoms with E-state index in [2.05, 4.69) is 60.7 Å². The van der Waals surface area contributed by atoms with Crippen molar-refractivity contribution in [3.63, 3.8) is 0 Å². The molecule has 0 amide bonds. The average molecular weight is 353 g/mol. The first-order valence-electron chi connectivity index (χ1n) is 8.64. The number of hydrogen-bond acceptors (Lipinski definition) is 2. The van der Waals surface area contributed by atoms with E-state index < -0.39 is 5.41 Å². The van der Waals surface area contributed by atoms with Gasteiger partial charge in [-0.1, -0.05) is 66.2 Å². The van der Waals surface area contributed by atoms with E-state index in [1.54, 1.807) is 0 Å². The summed E-state index contributed by atoms with van der Waals surface area (Å²) in [4.78, 5) is 9.68. The van der Waals surface area contributed by atoms with Gasteiger partial charge in [0.05, 0.1) is 11.4 Å². The highest BCUT2D eigenvalue weighted by molar-refractivity contribution is 6.29. The van der Waals surface area contributed by atoms with Gasteiger partial charge in [0.25, 0.3) is 0 Å². The Morgan fingerprint density at radius 1 is 0.615 bits per heavy atom. The molecule has 6 rings (SSSR count). The highest BCUT2D eigenvalue weighted by Crippen LogP contribution is 2.61. The predicted octanol–water partition coefficient (Wildman–Crippen LogP) is 5.47. The summed E-state index contributed by atoms with van der Waals surface area (Å²) in [6.07, 6.45) is 1.87. The van der Waals surface area contributed by atoms with Crippen LogP contribution in [0.25, 0.3) is 22.3 Å². The van der Waals surface area contributed by atoms with Crippen LogP contribution in [-0.2, 0) is 5.41 Å². The molecule has 2 aromatic carbocycles. The van der Waals surface area contributed by atoms with Crippen LogP contribution in [0, 0.1) is 0 Å². The second kappa shape index (κ2) is 4.80. The van der Waals surface area contributed by atoms with Crippen molar-refractivity contribution in [2.24, 2.45) is 0 Å². The number of halogens is 1. The van der Waals surface area contributed by atoms with Gasteiger partial charge in [-0.3, -0.25) is 4.98 Å². The largest absolute Gasteiger partial charge is 0.259 e. The second-order valence-corrected chi connectivity index (χ2v) is 7.16. The lowest BCUT2D eigenvalue weighted by Gasteiger charge is -2.28. The fraction of sp³-hybridized carbons (Fsp3) is 0.0435. The van der Waals surface area contributed by atoms with Gasteiger partial charge in [0.1, 0.15) is 10.6 Å². The Morgan fingerprint density at radius 2 is 1.23 bits per heavy atom. The van der Waals surface area contributed by atoms with Gasteiger partial charge in [0.2, 0.25) is 0 Å². The van der Waals surface area contributed by atoms with Crippen LogP contribution in [0.1, 0.15) is 22.5 Å². The maximum atomic E-state index is 6.35. The molecule has 2 aliphatic carbocycles. The first kappa shape index (κ1) is 14.2. The van der Waals surface area contributed by atoms with Crippen LogP contribution >= 0.6 is 11.6 Å². The molecule has 2 aromatic heterocycles. The molecule has 0 bridgehead atoms. The summed E-state index contributed by atoms with van der Waals surface area (Å²) in [5, 5.41) is 0.512. The molecule has 0 fully saturated rings. The van der Waals surface area contributed by atoms with E-state index in [0.29, 0.717) is 5.15 Å². The van der Waals surface area contributed by atoms with Crippen molar-refractivity contribution in [2.45, 2.75) is 5.41 Å². The normalized spacial score (nSPS) is 14.7. The standard InChI is InChI=1S/C23H13ClN2/c24-20-12-11-17-16-8-5-13-25-21(16)23(22(17)26-20)18-9-3-1-6-14(18)15-7-2-4-10-19(15)23/h1-13H. The lowest BCUT2D eigenvalue weighted by atomic mass is 9.75. The Hall–Kier alpha value is -2.97. The summed E-state index contributed by atoms with van der Waals surface area (Å²) in [5.74, 6) is 0. The molecule has 122 valence electrons. The number of nitrogens with zero attached hydrogens (tertiary/aromatic N) is 2. The van der Waals surface area contributed by atoms with E-state index in [0.717, 1.165) is 22.5 Å². The van der Waals surface area contributed by atoms with Crippen LogP contribution < -0.4 is 0 Å². The lowest BCUT2D eigenvalue weighted by Crippen LogP contribution is -2.28. The van der Waals surface area contributed by atoms with Gasteiger partial charge in [-0.15, -0.1) is 0 Å². The van der Waals surface area contributed by atoms with Gasteiger partial charge < -0.3 is 0 Å². The first-order chi connectivity index (χ1) is 12.8. The zero-order valence-corrected chi connectivity index (χ0v) is 14.5. The highest BCUT2D eigenvalue weighted by Gasteiger charge is 2.53. The maximum Gasteiger partial charge on any atom is 0.129 e. The molecule has 0 radical (unpaired) electrons. The molecule has 2 heterocycles. The molecule has 4 aromatic rings. The van der Waals surface area contributed by atoms with Crippen LogP contribution in [-0.4, -0.2) is 9.97 Å². The molecule has 0 saturated carbocycles. The summed E-state index contributed by atoms with van der Waals surface area (Å²) in [6.45, 7) is 0. The van der Waals surface area contributed by atoms with E-state index in [4.69, 9.17) is 21.6 Å². The van der Waals surface area contributed by atoms with Crippen molar-refractivity contribution >= 4 is 11.6 Å². The molecule has 3 heteroatoms. The molecule has 26 heavy (non-hydrogen) atoms. The molecule has 0 atom stereocenters. The third-order valence-electron chi connectivity index (χ3n) is 5.62. The summed E-state index contributed by atoms with van der Waals surface area (Å²) in [6, 6.07) is 25.2. The first-order valence-corrected chi connectivity index (χ1v) is 9.02. The zero-order chi connectivity index (χ0) is 17.3. The number of hydrogen-bond donors (Lipinski definition) is 0. The third kappa shape index (κ3) is 1.50. The molecule has 0 saturated heterocycles. The number of aromatic nitrogens is 2. The Balaban J connectivity index is 1.88. The van der Waals surface area contributed by atoms with Gasteiger partial charge in [-0.2, -0.15) is 0 Å². The van der Waals surface area contributed by atoms with Crippen LogP contribution in [0.3, 0.4) is 0 Å². The van der Waals surface area contributed by atoms with E-state index in [1.165, 1.54) is 22.3 Å². The summed E-state index contributed by atoms with van der Waals surface area (Å²) in [7, 11) is 0. The summed E-state index contributed by atoms with van der Waals surface area (Å²) in [5.41, 5.74) is 8.73. The Morgan fingerprint density at radius 3 is 1.96 bits per heavy atom. The minimum atomic E-state index is -0.496. The van der Waals surface area contributed by atoms with Gasteiger partial charge >= 0.3 is 0 Å². The van der Waals surface area contributed by atoms with E-state index in [9.17, 15) is 0 Å². The molecule has 0 aliphatic heterocycles. The minimum absolute atomic E-state index is 0.496. The fourth-order valence-electron chi connectivity index (χ4n) is 4.72. The maximum absolute atomic E-state index is 6.35. The number of fused-ring (bicyclic) bond motifs is 10. The highest BCUT2D eigenvalue weighted by atomic mass is 35.5. The van der Waals surface area contributed by atoms with Crippen LogP contribution in [0.15, 0.2) is 79.0 Å². The molecule has 0 N–H and O–H groups in total. The monoisotopic (exact) mass is 352 g/mol. The van der Waals surface area contributed by atoms with Crippen LogP contribution in [0.4, 0.5) is 0 Å². The summed E-state index contributed by atoms with van der Waals surface area (Å²) >= 11 is 6.35. The van der Waals surface area contributed by atoms with Crippen LogP contribution in [0.5, 0.6) is 0 Å². The quantitative estimate of drug-likeness (QED) is 0.338. The molecule has 1 spiro atoms. The predicted molar refractivity (Wildman–Crippen MR) is 103 cm³/mol. The Labute approximate surface area is 156 Å². The van der Waals surface area contributed by atoms with Crippen LogP contribution in [0.2, 0.25) is 5.15 Å². The Kier molecular flexibility index (Phi) is 2.63. The van der Waals surface area contributed by atoms with Crippen molar-refractivity contribution in [1.29, 1.82) is 0 Å². The Bertz CT molecular complexity index is 1150. The van der Waals surface area contributed by atoms with Gasteiger partial charge in [-0.05, 0) is 40.5 Å². The number of benzene rings is 2. The SMILES string of the molecule is Clc1ccc2c(n1)C1(c3ccccc3-c3ccccc31)c1ncccc1-2. The second-order valence-electron chi connectivity index (χ2n) is 6.77. The fourth-order valence-corrected chi connectivity index (χ4v) is 4.86. The van der Waals surface area contributed by atoms with Gasteiger partial charge in [0, 0.05) is 17.3 Å². The minimum Gasteiger partial charge on any atom is -0.259 e. The average Bonchev–Trinajstić information content (AvgIpc) is 3.15. The molecule has 0 unspecified atom stereocenters. The molecular weight excluding hydrogens is 340 g/mol. The van der Waals surface area contributed by atoms with E-state index in [-0.39, 0.29) is 0 Å². The van der Waals surface area contributed by atoms with Crippen molar-refractivity contribution in [2.75, 3.05) is 0 Å². The molecule has 2 nitrogen and oxygen atoms in total. The van der Waals surface area contributed by atoms with Gasteiger partial charge in [-0.25, -0.2) is 4.98 Å². The van der Waals surface area contributed by atoms with Gasteiger partial charge in [0.15, 0.2) is 0 Å². The smallest absolute Gasteiger partial charge is 0.129 e. The zero-order valence-electron chi connectivity index (χ0n) is 13.8. The molecular formula is C23H13ClN2. The molecule has 2 aliphatic rings. The van der Waals surface area contributed by atoms with E-state index in [1.807, 2.05) is 18.3 Å². The number of rotatable bonds is 0. The van der Waals surface area contributed by atoms with Crippen molar-refractivity contribution in [3.05, 3.63) is 107 Å². The van der Waals surface area contributed by atoms with Crippen molar-refractivity contribution in [3.8, 4) is 22.3 Å². The third-order valence-corrected chi connectivity index (χ3v) is 5.83. The van der Waals surface area contributed by atoms with Crippen molar-refractivity contribution in [1.82, 2.24) is 9.97 Å². The van der Waals surface area contributed by atoms with Crippen molar-refractivity contribution < 1.29 is 0 Å². The van der Waals surface area contributed by atoms with E-state index >= 15 is 0 Å². The lowest BCUT2D eigenvalue weighted by molar-refractivity contribution is 0.732.